The fraction of sp³-hybridized carbons (Fsp3) is 0.417. The van der Waals surface area contributed by atoms with Crippen LogP contribution in [0.2, 0.25) is 0 Å². The van der Waals surface area contributed by atoms with Crippen molar-refractivity contribution >= 4 is 21.9 Å². The number of aliphatic hydroxyl groups is 1. The van der Waals surface area contributed by atoms with E-state index in [1.807, 2.05) is 6.92 Å². The van der Waals surface area contributed by atoms with E-state index in [0.29, 0.717) is 21.3 Å². The summed E-state index contributed by atoms with van der Waals surface area (Å²) in [5, 5.41) is 18.6. The van der Waals surface area contributed by atoms with Gasteiger partial charge in [0.25, 0.3) is 0 Å². The van der Waals surface area contributed by atoms with Gasteiger partial charge in [0.1, 0.15) is 5.75 Å². The summed E-state index contributed by atoms with van der Waals surface area (Å²) in [7, 11) is 1.55. The Bertz CT molecular complexity index is 439. The molecule has 2 N–H and O–H groups in total. The highest BCUT2D eigenvalue weighted by atomic mass is 79.9. The largest absolute Gasteiger partial charge is 0.495 e. The third-order valence-electron chi connectivity index (χ3n) is 2.95. The first kappa shape index (κ1) is 14.0. The molecule has 5 heteroatoms. The molecular formula is C12H15BrO4. The summed E-state index contributed by atoms with van der Waals surface area (Å²) in [6.45, 7) is 5.36. The fourth-order valence-corrected chi connectivity index (χ4v) is 2.56. The van der Waals surface area contributed by atoms with Crippen LogP contribution < -0.4 is 4.74 Å². The number of carbonyl (C=O) groups is 1. The highest BCUT2D eigenvalue weighted by molar-refractivity contribution is 9.10. The molecule has 94 valence electrons. The number of ether oxygens (including phenoxy) is 1. The molecule has 0 fully saturated rings. The molecule has 0 aliphatic heterocycles. The van der Waals surface area contributed by atoms with Gasteiger partial charge in [-0.05, 0) is 59.0 Å². The second kappa shape index (κ2) is 5.06. The van der Waals surface area contributed by atoms with E-state index in [0.717, 1.165) is 11.1 Å². The zero-order chi connectivity index (χ0) is 13.3. The van der Waals surface area contributed by atoms with Gasteiger partial charge in [0.05, 0.1) is 11.6 Å². The second-order valence-corrected chi connectivity index (χ2v) is 4.67. The Kier molecular flexibility index (Phi) is 4.16. The molecule has 0 radical (unpaired) electrons. The van der Waals surface area contributed by atoms with Crippen molar-refractivity contribution in [3.8, 4) is 5.75 Å². The van der Waals surface area contributed by atoms with E-state index in [9.17, 15) is 9.90 Å². The van der Waals surface area contributed by atoms with Crippen LogP contribution in [-0.4, -0.2) is 23.3 Å². The van der Waals surface area contributed by atoms with Crippen LogP contribution in [0.5, 0.6) is 5.75 Å². The number of hydrogen-bond acceptors (Lipinski definition) is 3. The lowest BCUT2D eigenvalue weighted by molar-refractivity contribution is -0.147. The first-order valence-corrected chi connectivity index (χ1v) is 5.86. The molecule has 0 aromatic heterocycles. The molecule has 0 amide bonds. The normalized spacial score (nSPS) is 12.4. The average molecular weight is 303 g/mol. The number of methoxy groups -OCH3 is 1. The summed E-state index contributed by atoms with van der Waals surface area (Å²) in [5.41, 5.74) is 2.65. The Hall–Kier alpha value is -1.07. The van der Waals surface area contributed by atoms with E-state index in [-0.39, 0.29) is 0 Å². The zero-order valence-electron chi connectivity index (χ0n) is 10.2. The van der Waals surface area contributed by atoms with Crippen molar-refractivity contribution < 1.29 is 19.7 Å². The van der Waals surface area contributed by atoms with Gasteiger partial charge in [0.15, 0.2) is 6.10 Å². The molecular weight excluding hydrogens is 288 g/mol. The Labute approximate surface area is 108 Å². The molecule has 0 aliphatic carbocycles. The van der Waals surface area contributed by atoms with Gasteiger partial charge in [-0.25, -0.2) is 4.79 Å². The Morgan fingerprint density at radius 2 is 1.76 bits per heavy atom. The van der Waals surface area contributed by atoms with Crippen LogP contribution in [0.1, 0.15) is 28.4 Å². The van der Waals surface area contributed by atoms with Crippen molar-refractivity contribution in [1.82, 2.24) is 0 Å². The molecule has 0 aliphatic rings. The molecule has 4 nitrogen and oxygen atoms in total. The van der Waals surface area contributed by atoms with Gasteiger partial charge in [0.2, 0.25) is 0 Å². The highest BCUT2D eigenvalue weighted by Crippen LogP contribution is 2.39. The molecule has 17 heavy (non-hydrogen) atoms. The Balaban J connectivity index is 3.59. The molecule has 0 heterocycles. The standard InChI is InChI=1S/C12H15BrO4/c1-5-6(2)11(17-4)9(13)7(3)8(5)10(14)12(15)16/h10,14H,1-4H3,(H,15,16). The minimum absolute atomic E-state index is 0.419. The van der Waals surface area contributed by atoms with Gasteiger partial charge in [-0.15, -0.1) is 0 Å². The SMILES string of the molecule is COc1c(C)c(C)c(C(O)C(=O)O)c(C)c1Br. The van der Waals surface area contributed by atoms with Crippen molar-refractivity contribution in [3.05, 3.63) is 26.7 Å². The lowest BCUT2D eigenvalue weighted by atomic mass is 9.93. The van der Waals surface area contributed by atoms with Gasteiger partial charge < -0.3 is 14.9 Å². The van der Waals surface area contributed by atoms with E-state index < -0.39 is 12.1 Å². The summed E-state index contributed by atoms with van der Waals surface area (Å²) in [6, 6.07) is 0. The molecule has 1 atom stereocenters. The van der Waals surface area contributed by atoms with E-state index in [1.54, 1.807) is 21.0 Å². The number of halogens is 1. The first-order chi connectivity index (χ1) is 7.82. The van der Waals surface area contributed by atoms with Crippen LogP contribution in [0, 0.1) is 20.8 Å². The first-order valence-electron chi connectivity index (χ1n) is 5.06. The predicted molar refractivity (Wildman–Crippen MR) is 67.5 cm³/mol. The van der Waals surface area contributed by atoms with Gasteiger partial charge in [-0.1, -0.05) is 0 Å². The van der Waals surface area contributed by atoms with E-state index in [4.69, 9.17) is 9.84 Å². The number of aliphatic carboxylic acids is 1. The maximum Gasteiger partial charge on any atom is 0.337 e. The monoisotopic (exact) mass is 302 g/mol. The van der Waals surface area contributed by atoms with Crippen LogP contribution in [0.3, 0.4) is 0 Å². The highest BCUT2D eigenvalue weighted by Gasteiger charge is 2.25. The van der Waals surface area contributed by atoms with Gasteiger partial charge in [-0.3, -0.25) is 0 Å². The molecule has 0 saturated carbocycles. The molecule has 1 unspecified atom stereocenters. The number of carboxylic acids is 1. The van der Waals surface area contributed by atoms with Crippen LogP contribution in [0.4, 0.5) is 0 Å². The maximum absolute atomic E-state index is 10.9. The van der Waals surface area contributed by atoms with E-state index in [2.05, 4.69) is 15.9 Å². The van der Waals surface area contributed by atoms with Crippen molar-refractivity contribution in [3.63, 3.8) is 0 Å². The number of aliphatic hydroxyl groups excluding tert-OH is 1. The van der Waals surface area contributed by atoms with Gasteiger partial charge in [-0.2, -0.15) is 0 Å². The smallest absolute Gasteiger partial charge is 0.337 e. The Morgan fingerprint density at radius 1 is 1.24 bits per heavy atom. The molecule has 1 aromatic rings. The summed E-state index contributed by atoms with van der Waals surface area (Å²) in [6.07, 6.45) is -1.52. The summed E-state index contributed by atoms with van der Waals surface area (Å²) >= 11 is 3.36. The van der Waals surface area contributed by atoms with Crippen molar-refractivity contribution in [2.45, 2.75) is 26.9 Å². The van der Waals surface area contributed by atoms with Crippen molar-refractivity contribution in [2.75, 3.05) is 7.11 Å². The molecule has 1 aromatic carbocycles. The fourth-order valence-electron chi connectivity index (χ4n) is 1.88. The maximum atomic E-state index is 10.9. The molecule has 0 spiro atoms. The molecule has 0 bridgehead atoms. The van der Waals surface area contributed by atoms with E-state index >= 15 is 0 Å². The lowest BCUT2D eigenvalue weighted by Crippen LogP contribution is -2.15. The topological polar surface area (TPSA) is 66.8 Å². The number of benzene rings is 1. The lowest BCUT2D eigenvalue weighted by Gasteiger charge is -2.20. The minimum atomic E-state index is -1.52. The summed E-state index contributed by atoms with van der Waals surface area (Å²) in [5.74, 6) is -0.589. The predicted octanol–water partition coefficient (Wildman–Crippen LogP) is 2.50. The zero-order valence-corrected chi connectivity index (χ0v) is 11.8. The van der Waals surface area contributed by atoms with Crippen molar-refractivity contribution in [2.24, 2.45) is 0 Å². The average Bonchev–Trinajstić information content (AvgIpc) is 2.27. The summed E-state index contributed by atoms with van der Waals surface area (Å²) < 4.78 is 5.94. The van der Waals surface area contributed by atoms with Gasteiger partial charge >= 0.3 is 5.97 Å². The van der Waals surface area contributed by atoms with Crippen LogP contribution in [0.15, 0.2) is 4.47 Å². The third kappa shape index (κ3) is 2.30. The quantitative estimate of drug-likeness (QED) is 0.900. The summed E-state index contributed by atoms with van der Waals surface area (Å²) in [4.78, 5) is 10.9. The minimum Gasteiger partial charge on any atom is -0.495 e. The number of hydrogen-bond donors (Lipinski definition) is 2. The van der Waals surface area contributed by atoms with Crippen LogP contribution in [-0.2, 0) is 4.79 Å². The van der Waals surface area contributed by atoms with Crippen LogP contribution in [0.25, 0.3) is 0 Å². The second-order valence-electron chi connectivity index (χ2n) is 3.88. The molecule has 0 saturated heterocycles. The Morgan fingerprint density at radius 3 is 2.18 bits per heavy atom. The van der Waals surface area contributed by atoms with Gasteiger partial charge in [0, 0.05) is 0 Å². The van der Waals surface area contributed by atoms with Crippen LogP contribution >= 0.6 is 15.9 Å². The van der Waals surface area contributed by atoms with Crippen molar-refractivity contribution in [1.29, 1.82) is 0 Å². The number of rotatable bonds is 3. The number of carboxylic acid groups (broad SMARTS) is 1. The third-order valence-corrected chi connectivity index (χ3v) is 3.91. The van der Waals surface area contributed by atoms with E-state index in [1.165, 1.54) is 0 Å². The molecule has 1 rings (SSSR count).